The second kappa shape index (κ2) is 7.93. The lowest BCUT2D eigenvalue weighted by molar-refractivity contribution is 0.102. The van der Waals surface area contributed by atoms with Crippen LogP contribution in [0.5, 0.6) is 0 Å². The van der Waals surface area contributed by atoms with E-state index in [1.807, 2.05) is 0 Å². The second-order valence-corrected chi connectivity index (χ2v) is 7.03. The lowest BCUT2D eigenvalue weighted by Gasteiger charge is -2.12. The van der Waals surface area contributed by atoms with Crippen molar-refractivity contribution in [3.8, 4) is 0 Å². The molecule has 0 aliphatic carbocycles. The van der Waals surface area contributed by atoms with Crippen LogP contribution in [0, 0.1) is 0 Å². The van der Waals surface area contributed by atoms with Gasteiger partial charge in [-0.3, -0.25) is 9.89 Å². The fourth-order valence-electron chi connectivity index (χ4n) is 2.28. The molecule has 132 valence electrons. The molecule has 0 atom stereocenters. The molecule has 0 fully saturated rings. The van der Waals surface area contributed by atoms with E-state index >= 15 is 0 Å². The molecule has 0 unspecified atom stereocenters. The first-order valence-corrected chi connectivity index (χ1v) is 8.58. The van der Waals surface area contributed by atoms with Gasteiger partial charge in [0.1, 0.15) is 0 Å². The summed E-state index contributed by atoms with van der Waals surface area (Å²) in [6.45, 7) is 1.45. The summed E-state index contributed by atoms with van der Waals surface area (Å²) >= 11 is 0. The number of rotatable bonds is 3. The number of H-pyrrole nitrogens is 1. The number of nitrogens with zero attached hydrogens (tertiary/aromatic N) is 2. The van der Waals surface area contributed by atoms with Crippen molar-refractivity contribution in [3.05, 3.63) is 35.3 Å². The number of halogens is 2. The quantitative estimate of drug-likeness (QED) is 0.714. The highest BCUT2D eigenvalue weighted by Crippen LogP contribution is 2.17. The van der Waals surface area contributed by atoms with E-state index in [1.54, 1.807) is 0 Å². The molecule has 3 N–H and O–H groups in total. The standard InChI is InChI=1S/C13H15N5O3S.2ClH/c1-22(20,21)11-3-2-8(6-15-11)16-13(19)12-9-7-14-5-4-10(9)17-18-12;;/h2-3,6,14H,4-5,7H2,1H3,(H,16,19)(H,17,18);2*1H. The molecule has 0 bridgehead atoms. The number of nitrogens with one attached hydrogen (secondary N) is 3. The van der Waals surface area contributed by atoms with Crippen LogP contribution < -0.4 is 10.6 Å². The van der Waals surface area contributed by atoms with Crippen molar-refractivity contribution >= 4 is 46.2 Å². The average Bonchev–Trinajstić information content (AvgIpc) is 2.91. The fraction of sp³-hybridized carbons (Fsp3) is 0.308. The highest BCUT2D eigenvalue weighted by molar-refractivity contribution is 7.90. The molecular weight excluding hydrogens is 377 g/mol. The Bertz CT molecular complexity index is 821. The minimum Gasteiger partial charge on any atom is -0.319 e. The summed E-state index contributed by atoms with van der Waals surface area (Å²) < 4.78 is 22.7. The van der Waals surface area contributed by atoms with Gasteiger partial charge in [-0.25, -0.2) is 13.4 Å². The van der Waals surface area contributed by atoms with Gasteiger partial charge in [0.05, 0.1) is 11.9 Å². The predicted octanol–water partition coefficient (Wildman–Crippen LogP) is 0.950. The number of hydrogen-bond acceptors (Lipinski definition) is 6. The third-order valence-electron chi connectivity index (χ3n) is 3.40. The van der Waals surface area contributed by atoms with Crippen molar-refractivity contribution in [2.75, 3.05) is 18.1 Å². The Morgan fingerprint density at radius 3 is 2.67 bits per heavy atom. The van der Waals surface area contributed by atoms with Gasteiger partial charge in [-0.05, 0) is 12.1 Å². The molecule has 2 aromatic heterocycles. The number of sulfone groups is 1. The molecule has 0 saturated carbocycles. The van der Waals surface area contributed by atoms with Crippen molar-refractivity contribution in [2.24, 2.45) is 0 Å². The topological polar surface area (TPSA) is 117 Å². The molecule has 1 amide bonds. The molecule has 1 aliphatic rings. The normalized spacial score (nSPS) is 13.2. The maximum atomic E-state index is 12.3. The summed E-state index contributed by atoms with van der Waals surface area (Å²) in [7, 11) is -3.35. The van der Waals surface area contributed by atoms with Crippen molar-refractivity contribution in [2.45, 2.75) is 18.0 Å². The minimum atomic E-state index is -3.35. The van der Waals surface area contributed by atoms with Gasteiger partial charge >= 0.3 is 0 Å². The van der Waals surface area contributed by atoms with Gasteiger partial charge in [0.2, 0.25) is 0 Å². The van der Waals surface area contributed by atoms with E-state index in [0.717, 1.165) is 30.5 Å². The maximum absolute atomic E-state index is 12.3. The molecule has 3 rings (SSSR count). The zero-order chi connectivity index (χ0) is 15.7. The van der Waals surface area contributed by atoms with Gasteiger partial charge in [-0.1, -0.05) is 0 Å². The largest absolute Gasteiger partial charge is 0.319 e. The Kier molecular flexibility index (Phi) is 6.73. The fourth-order valence-corrected chi connectivity index (χ4v) is 2.84. The zero-order valence-electron chi connectivity index (χ0n) is 12.7. The van der Waals surface area contributed by atoms with Gasteiger partial charge in [0.15, 0.2) is 20.6 Å². The van der Waals surface area contributed by atoms with Crippen LogP contribution in [0.15, 0.2) is 23.4 Å². The monoisotopic (exact) mass is 393 g/mol. The van der Waals surface area contributed by atoms with E-state index in [2.05, 4.69) is 25.8 Å². The predicted molar refractivity (Wildman–Crippen MR) is 93.8 cm³/mol. The Morgan fingerprint density at radius 1 is 1.29 bits per heavy atom. The molecule has 2 aromatic rings. The molecule has 11 heteroatoms. The number of carbonyl (C=O) groups excluding carboxylic acids is 1. The molecule has 24 heavy (non-hydrogen) atoms. The molecule has 0 radical (unpaired) electrons. The van der Waals surface area contributed by atoms with Crippen LogP contribution >= 0.6 is 24.8 Å². The van der Waals surface area contributed by atoms with E-state index in [-0.39, 0.29) is 35.7 Å². The molecule has 0 saturated heterocycles. The van der Waals surface area contributed by atoms with Crippen LogP contribution in [0.1, 0.15) is 21.7 Å². The number of fused-ring (bicyclic) bond motifs is 1. The van der Waals surface area contributed by atoms with Gasteiger partial charge in [-0.2, -0.15) is 5.10 Å². The summed E-state index contributed by atoms with van der Waals surface area (Å²) in [6, 6.07) is 2.85. The molecular formula is C13H17Cl2N5O3S. The molecule has 1 aliphatic heterocycles. The molecule has 8 nitrogen and oxygen atoms in total. The summed E-state index contributed by atoms with van der Waals surface area (Å²) in [6.07, 6.45) is 3.20. The van der Waals surface area contributed by atoms with E-state index in [9.17, 15) is 13.2 Å². The van der Waals surface area contributed by atoms with Crippen LogP contribution in [0.25, 0.3) is 0 Å². The number of amides is 1. The van der Waals surface area contributed by atoms with Gasteiger partial charge in [0.25, 0.3) is 5.91 Å². The molecule has 0 spiro atoms. The smallest absolute Gasteiger partial charge is 0.276 e. The van der Waals surface area contributed by atoms with Gasteiger partial charge in [-0.15, -0.1) is 24.8 Å². The van der Waals surface area contributed by atoms with E-state index in [4.69, 9.17) is 0 Å². The highest BCUT2D eigenvalue weighted by Gasteiger charge is 2.21. The molecule has 0 aromatic carbocycles. The number of aromatic amines is 1. The summed E-state index contributed by atoms with van der Waals surface area (Å²) in [4.78, 5) is 16.1. The van der Waals surface area contributed by atoms with Crippen LogP contribution in [0.4, 0.5) is 5.69 Å². The summed E-state index contributed by atoms with van der Waals surface area (Å²) in [5, 5.41) is 12.8. The number of aromatic nitrogens is 3. The summed E-state index contributed by atoms with van der Waals surface area (Å²) in [5.74, 6) is -0.352. The first-order chi connectivity index (χ1) is 10.4. The third-order valence-corrected chi connectivity index (χ3v) is 4.40. The van der Waals surface area contributed by atoms with Gasteiger partial charge < -0.3 is 10.6 Å². The minimum absolute atomic E-state index is 0. The maximum Gasteiger partial charge on any atom is 0.276 e. The lowest BCUT2D eigenvalue weighted by atomic mass is 10.1. The third kappa shape index (κ3) is 4.23. The van der Waals surface area contributed by atoms with Crippen LogP contribution in [0.3, 0.4) is 0 Å². The second-order valence-electron chi connectivity index (χ2n) is 5.07. The van der Waals surface area contributed by atoms with Crippen LogP contribution in [0.2, 0.25) is 0 Å². The SMILES string of the molecule is CS(=O)(=O)c1ccc(NC(=O)c2n[nH]c3c2CNCC3)cn1.Cl.Cl. The first-order valence-electron chi connectivity index (χ1n) is 6.69. The lowest BCUT2D eigenvalue weighted by Crippen LogP contribution is -2.25. The zero-order valence-corrected chi connectivity index (χ0v) is 15.1. The van der Waals surface area contributed by atoms with E-state index in [1.165, 1.54) is 18.3 Å². The Labute approximate surface area is 151 Å². The number of hydrogen-bond donors (Lipinski definition) is 3. The first kappa shape index (κ1) is 20.4. The van der Waals surface area contributed by atoms with E-state index in [0.29, 0.717) is 17.9 Å². The van der Waals surface area contributed by atoms with Crippen molar-refractivity contribution in [3.63, 3.8) is 0 Å². The number of carbonyl (C=O) groups is 1. The van der Waals surface area contributed by atoms with E-state index < -0.39 is 9.84 Å². The van der Waals surface area contributed by atoms with Crippen LogP contribution in [-0.2, 0) is 22.8 Å². The van der Waals surface area contributed by atoms with Crippen molar-refractivity contribution in [1.82, 2.24) is 20.5 Å². The average molecular weight is 394 g/mol. The van der Waals surface area contributed by atoms with Crippen molar-refractivity contribution in [1.29, 1.82) is 0 Å². The van der Waals surface area contributed by atoms with Gasteiger partial charge in [0, 0.05) is 37.0 Å². The Morgan fingerprint density at radius 2 is 2.04 bits per heavy atom. The van der Waals surface area contributed by atoms with Crippen molar-refractivity contribution < 1.29 is 13.2 Å². The molecule has 3 heterocycles. The van der Waals surface area contributed by atoms with Crippen LogP contribution in [-0.4, -0.2) is 42.3 Å². The number of anilines is 1. The Hall–Kier alpha value is -1.68. The number of pyridine rings is 1. The summed E-state index contributed by atoms with van der Waals surface area (Å²) in [5.41, 5.74) is 2.59. The Balaban J connectivity index is 0.00000144. The highest BCUT2D eigenvalue weighted by atomic mass is 35.5.